The Bertz CT molecular complexity index is 914. The van der Waals surface area contributed by atoms with Gasteiger partial charge in [0.2, 0.25) is 0 Å². The van der Waals surface area contributed by atoms with E-state index in [9.17, 15) is 5.11 Å². The van der Waals surface area contributed by atoms with Crippen LogP contribution in [0, 0.1) is 34.0 Å². The van der Waals surface area contributed by atoms with Crippen LogP contribution in [0.5, 0.6) is 0 Å². The number of fused-ring (bicyclic) bond motifs is 3. The maximum absolute atomic E-state index is 10.5. The van der Waals surface area contributed by atoms with E-state index in [4.69, 9.17) is 0 Å². The fourth-order valence-electron chi connectivity index (χ4n) is 7.28. The molecule has 3 aliphatic rings. The van der Waals surface area contributed by atoms with Gasteiger partial charge in [0.15, 0.2) is 7.28 Å². The molecule has 1 saturated carbocycles. The summed E-state index contributed by atoms with van der Waals surface area (Å²) in [5.41, 5.74) is 4.71. The topological polar surface area (TPSA) is 32.3 Å². The van der Waals surface area contributed by atoms with Gasteiger partial charge in [0.05, 0.1) is 5.60 Å². The van der Waals surface area contributed by atoms with Crippen LogP contribution in [0.3, 0.4) is 0 Å². The molecule has 0 radical (unpaired) electrons. The molecule has 5 atom stereocenters. The van der Waals surface area contributed by atoms with Gasteiger partial charge in [0.1, 0.15) is 7.85 Å². The molecule has 3 aliphatic carbocycles. The fourth-order valence-corrected chi connectivity index (χ4v) is 7.28. The number of hydrogen-bond acceptors (Lipinski definition) is 2. The SMILES string of the molecule is BC1=CC=C2C3CCC(B/C=C\C(C)(C)C(C)(C)O)=CC3C(C)(CCCCNC(C)CC(C)(C)C)C2C1. The third kappa shape index (κ3) is 7.57. The number of rotatable bonds is 11. The third-order valence-corrected chi connectivity index (χ3v) is 10.1. The Balaban J connectivity index is 1.68. The standard InChI is InChI=1S/C33H57B2NO/c1-23(22-30(2,3)4)36-19-11-10-16-33(9)28-20-24(34)12-14-26(28)27-15-13-25(21-29(27)33)35-18-17-31(5,6)32(7,8)37/h12,14,17-18,21,23,27-29,35-37H,10-11,13,15-16,19-20,22,34H2,1-9H3/b18-17-. The number of aliphatic hydroxyl groups is 1. The number of allylic oxidation sites excluding steroid dienone is 6. The Morgan fingerprint density at radius 2 is 1.86 bits per heavy atom. The van der Waals surface area contributed by atoms with E-state index in [0.717, 1.165) is 19.7 Å². The van der Waals surface area contributed by atoms with Crippen molar-refractivity contribution < 1.29 is 5.11 Å². The summed E-state index contributed by atoms with van der Waals surface area (Å²) in [6.45, 7) is 21.2. The molecule has 0 aromatic carbocycles. The number of hydrogen-bond donors (Lipinski definition) is 2. The van der Waals surface area contributed by atoms with Crippen LogP contribution in [0.4, 0.5) is 0 Å². The second kappa shape index (κ2) is 11.6. The van der Waals surface area contributed by atoms with Gasteiger partial charge in [-0.05, 0) is 94.4 Å². The summed E-state index contributed by atoms with van der Waals surface area (Å²) in [5, 5.41) is 14.3. The van der Waals surface area contributed by atoms with Gasteiger partial charge in [-0.3, -0.25) is 0 Å². The van der Waals surface area contributed by atoms with E-state index in [1.807, 2.05) is 13.8 Å². The summed E-state index contributed by atoms with van der Waals surface area (Å²) in [7, 11) is 3.35. The number of nitrogens with one attached hydrogen (secondary N) is 1. The fraction of sp³-hybridized carbons (Fsp3) is 0.758. The van der Waals surface area contributed by atoms with Crippen LogP contribution in [0.1, 0.15) is 107 Å². The van der Waals surface area contributed by atoms with E-state index in [1.54, 1.807) is 16.5 Å². The highest BCUT2D eigenvalue weighted by Crippen LogP contribution is 2.62. The third-order valence-electron chi connectivity index (χ3n) is 10.1. The monoisotopic (exact) mass is 505 g/mol. The van der Waals surface area contributed by atoms with Crippen LogP contribution >= 0.6 is 0 Å². The highest BCUT2D eigenvalue weighted by Gasteiger charge is 2.54. The Morgan fingerprint density at radius 1 is 1.16 bits per heavy atom. The molecular weight excluding hydrogens is 448 g/mol. The second-order valence-electron chi connectivity index (χ2n) is 15.4. The smallest absolute Gasteiger partial charge is 0.176 e. The van der Waals surface area contributed by atoms with Crippen molar-refractivity contribution in [2.24, 2.45) is 34.0 Å². The lowest BCUT2D eigenvalue weighted by Crippen LogP contribution is -2.37. The molecule has 2 N–H and O–H groups in total. The molecule has 0 saturated heterocycles. The van der Waals surface area contributed by atoms with Gasteiger partial charge in [0, 0.05) is 11.5 Å². The molecule has 2 nitrogen and oxygen atoms in total. The van der Waals surface area contributed by atoms with Crippen LogP contribution in [0.15, 0.2) is 46.8 Å². The van der Waals surface area contributed by atoms with E-state index in [1.165, 1.54) is 44.9 Å². The van der Waals surface area contributed by atoms with Gasteiger partial charge in [0.25, 0.3) is 0 Å². The van der Waals surface area contributed by atoms with E-state index >= 15 is 0 Å². The number of unbranched alkanes of at least 4 members (excludes halogenated alkanes) is 1. The quantitative estimate of drug-likeness (QED) is 0.242. The highest BCUT2D eigenvalue weighted by atomic mass is 16.3. The molecule has 37 heavy (non-hydrogen) atoms. The maximum atomic E-state index is 10.5. The van der Waals surface area contributed by atoms with E-state index in [2.05, 4.69) is 91.9 Å². The molecule has 0 aliphatic heterocycles. The van der Waals surface area contributed by atoms with Gasteiger partial charge < -0.3 is 10.4 Å². The van der Waals surface area contributed by atoms with Crippen LogP contribution in [0.2, 0.25) is 0 Å². The van der Waals surface area contributed by atoms with Crippen molar-refractivity contribution >= 4 is 15.1 Å². The van der Waals surface area contributed by atoms with Crippen LogP contribution in [-0.2, 0) is 0 Å². The van der Waals surface area contributed by atoms with Gasteiger partial charge in [-0.25, -0.2) is 0 Å². The van der Waals surface area contributed by atoms with Crippen molar-refractivity contribution in [3.63, 3.8) is 0 Å². The van der Waals surface area contributed by atoms with Crippen molar-refractivity contribution in [1.29, 1.82) is 0 Å². The molecule has 1 fully saturated rings. The minimum absolute atomic E-state index is 0.228. The normalized spacial score (nSPS) is 29.4. The van der Waals surface area contributed by atoms with Gasteiger partial charge >= 0.3 is 0 Å². The first-order chi connectivity index (χ1) is 17.0. The minimum atomic E-state index is -0.716. The summed E-state index contributed by atoms with van der Waals surface area (Å²) in [4.78, 5) is 0. The van der Waals surface area contributed by atoms with Crippen molar-refractivity contribution in [3.05, 3.63) is 46.8 Å². The summed E-state index contributed by atoms with van der Waals surface area (Å²) in [6.07, 6.45) is 18.7. The Kier molecular flexibility index (Phi) is 9.60. The van der Waals surface area contributed by atoms with Crippen LogP contribution in [-0.4, -0.2) is 38.4 Å². The maximum Gasteiger partial charge on any atom is 0.176 e. The summed E-state index contributed by atoms with van der Waals surface area (Å²) < 4.78 is 0. The molecule has 3 rings (SSSR count). The Hall–Kier alpha value is -0.990. The van der Waals surface area contributed by atoms with E-state index < -0.39 is 5.60 Å². The zero-order chi connectivity index (χ0) is 27.6. The van der Waals surface area contributed by atoms with Crippen molar-refractivity contribution in [2.75, 3.05) is 6.54 Å². The average Bonchev–Trinajstić information content (AvgIpc) is 2.99. The largest absolute Gasteiger partial charge is 0.390 e. The van der Waals surface area contributed by atoms with Crippen molar-refractivity contribution in [3.8, 4) is 0 Å². The first kappa shape index (κ1) is 30.5. The molecule has 0 amide bonds. The molecule has 5 unspecified atom stereocenters. The van der Waals surface area contributed by atoms with Crippen LogP contribution < -0.4 is 5.32 Å². The molecule has 0 aromatic heterocycles. The summed E-state index contributed by atoms with van der Waals surface area (Å²) in [6, 6.07) is 0.588. The molecule has 0 spiro atoms. The predicted octanol–water partition coefficient (Wildman–Crippen LogP) is 6.71. The van der Waals surface area contributed by atoms with Gasteiger partial charge in [-0.15, -0.1) is 16.9 Å². The van der Waals surface area contributed by atoms with Crippen LogP contribution in [0.25, 0.3) is 0 Å². The molecule has 206 valence electrons. The summed E-state index contributed by atoms with van der Waals surface area (Å²) in [5.74, 6) is 4.42. The Labute approximate surface area is 231 Å². The second-order valence-corrected chi connectivity index (χ2v) is 15.4. The zero-order valence-electron chi connectivity index (χ0n) is 26.0. The van der Waals surface area contributed by atoms with Crippen molar-refractivity contribution in [1.82, 2.24) is 5.32 Å². The molecule has 0 bridgehead atoms. The van der Waals surface area contributed by atoms with Gasteiger partial charge in [-0.1, -0.05) is 77.8 Å². The first-order valence-corrected chi connectivity index (χ1v) is 15.2. The molecule has 4 heteroatoms. The minimum Gasteiger partial charge on any atom is -0.390 e. The first-order valence-electron chi connectivity index (χ1n) is 15.2. The molecule has 0 aromatic rings. The Morgan fingerprint density at radius 3 is 2.51 bits per heavy atom. The molecule has 0 heterocycles. The lowest BCUT2D eigenvalue weighted by atomic mass is 9.58. The van der Waals surface area contributed by atoms with Gasteiger partial charge in [-0.2, -0.15) is 0 Å². The molecular formula is C33H57B2NO. The zero-order valence-corrected chi connectivity index (χ0v) is 26.0. The lowest BCUT2D eigenvalue weighted by molar-refractivity contribution is -0.00730. The highest BCUT2D eigenvalue weighted by molar-refractivity contribution is 6.51. The average molecular weight is 505 g/mol. The predicted molar refractivity (Wildman–Crippen MR) is 167 cm³/mol. The lowest BCUT2D eigenvalue weighted by Gasteiger charge is -2.39. The van der Waals surface area contributed by atoms with Crippen molar-refractivity contribution in [2.45, 2.75) is 119 Å². The van der Waals surface area contributed by atoms with E-state index in [0.29, 0.717) is 28.7 Å². The summed E-state index contributed by atoms with van der Waals surface area (Å²) >= 11 is 0. The van der Waals surface area contributed by atoms with E-state index in [-0.39, 0.29) is 5.41 Å².